The van der Waals surface area contributed by atoms with Crippen LogP contribution in [0.3, 0.4) is 0 Å². The van der Waals surface area contributed by atoms with E-state index in [0.717, 1.165) is 17.1 Å². The molecule has 0 saturated carbocycles. The summed E-state index contributed by atoms with van der Waals surface area (Å²) in [7, 11) is 0. The van der Waals surface area contributed by atoms with Crippen LogP contribution < -0.4 is 4.74 Å². The number of ketones is 1. The lowest BCUT2D eigenvalue weighted by Crippen LogP contribution is -2.28. The molecule has 1 aromatic carbocycles. The van der Waals surface area contributed by atoms with Crippen LogP contribution in [-0.4, -0.2) is 5.78 Å². The van der Waals surface area contributed by atoms with Gasteiger partial charge in [0.1, 0.15) is 11.5 Å². The number of benzene rings is 1. The highest BCUT2D eigenvalue weighted by Gasteiger charge is 2.37. The number of carbonyl (C=O) groups is 1. The molecule has 1 aliphatic carbocycles. The molecule has 16 heavy (non-hydrogen) atoms. The maximum atomic E-state index is 11.8. The van der Waals surface area contributed by atoms with Gasteiger partial charge in [-0.3, -0.25) is 4.79 Å². The van der Waals surface area contributed by atoms with Crippen LogP contribution in [0.2, 0.25) is 0 Å². The van der Waals surface area contributed by atoms with Crippen molar-refractivity contribution in [3.63, 3.8) is 0 Å². The highest BCUT2D eigenvalue weighted by molar-refractivity contribution is 14.1. The Bertz CT molecular complexity index is 516. The first-order valence-electron chi connectivity index (χ1n) is 5.10. The average Bonchev–Trinajstić information content (AvgIpc) is 2.29. The fraction of sp³-hybridized carbons (Fsp3) is 0.154. The number of hydrogen-bond donors (Lipinski definition) is 0. The van der Waals surface area contributed by atoms with E-state index in [1.165, 1.54) is 0 Å². The molecule has 2 aliphatic rings. The van der Waals surface area contributed by atoms with Crippen LogP contribution in [0.15, 0.2) is 48.3 Å². The summed E-state index contributed by atoms with van der Waals surface area (Å²) in [4.78, 5) is 11.8. The van der Waals surface area contributed by atoms with Crippen LogP contribution in [0.25, 0.3) is 0 Å². The number of alkyl halides is 1. The van der Waals surface area contributed by atoms with Gasteiger partial charge in [0.2, 0.25) is 0 Å². The number of ether oxygens (including phenoxy) is 1. The Labute approximate surface area is 107 Å². The van der Waals surface area contributed by atoms with Gasteiger partial charge in [0.05, 0.1) is 9.84 Å². The molecular formula is C13H9IO2. The van der Waals surface area contributed by atoms with Gasteiger partial charge in [-0.1, -0.05) is 46.9 Å². The smallest absolute Gasteiger partial charge is 0.167 e. The topological polar surface area (TPSA) is 26.3 Å². The average molecular weight is 324 g/mol. The summed E-state index contributed by atoms with van der Waals surface area (Å²) in [6.45, 7) is 0. The summed E-state index contributed by atoms with van der Waals surface area (Å²) in [5, 5.41) is 0. The Hall–Kier alpha value is -1.10. The molecule has 0 amide bonds. The number of allylic oxidation sites excluding steroid dienone is 4. The van der Waals surface area contributed by atoms with Gasteiger partial charge in [-0.15, -0.1) is 0 Å². The molecule has 0 bridgehead atoms. The molecule has 2 nitrogen and oxygen atoms in total. The molecule has 2 unspecified atom stereocenters. The Balaban J connectivity index is 2.13. The molecule has 1 aliphatic heterocycles. The lowest BCUT2D eigenvalue weighted by molar-refractivity contribution is -0.118. The van der Waals surface area contributed by atoms with Gasteiger partial charge in [-0.25, -0.2) is 0 Å². The van der Waals surface area contributed by atoms with Crippen molar-refractivity contribution in [1.82, 2.24) is 0 Å². The molecule has 2 atom stereocenters. The van der Waals surface area contributed by atoms with Crippen molar-refractivity contribution in [3.05, 3.63) is 53.8 Å². The molecule has 80 valence electrons. The minimum atomic E-state index is -0.152. The first-order valence-corrected chi connectivity index (χ1v) is 6.35. The molecule has 0 N–H and O–H groups in total. The minimum absolute atomic E-state index is 0.131. The van der Waals surface area contributed by atoms with Gasteiger partial charge >= 0.3 is 0 Å². The van der Waals surface area contributed by atoms with E-state index in [2.05, 4.69) is 22.6 Å². The molecule has 0 spiro atoms. The zero-order chi connectivity index (χ0) is 11.1. The number of hydrogen-bond acceptors (Lipinski definition) is 2. The van der Waals surface area contributed by atoms with E-state index in [9.17, 15) is 4.79 Å². The third kappa shape index (κ3) is 1.42. The molecular weight excluding hydrogens is 315 g/mol. The predicted octanol–water partition coefficient (Wildman–Crippen LogP) is 3.19. The second kappa shape index (κ2) is 3.73. The Morgan fingerprint density at radius 3 is 2.94 bits per heavy atom. The Kier molecular flexibility index (Phi) is 2.35. The maximum absolute atomic E-state index is 11.8. The summed E-state index contributed by atoms with van der Waals surface area (Å²) >= 11 is 2.32. The van der Waals surface area contributed by atoms with E-state index in [1.807, 2.05) is 30.3 Å². The second-order valence-electron chi connectivity index (χ2n) is 3.85. The van der Waals surface area contributed by atoms with Crippen LogP contribution in [0.4, 0.5) is 0 Å². The van der Waals surface area contributed by atoms with Gasteiger partial charge in [-0.2, -0.15) is 0 Å². The van der Waals surface area contributed by atoms with Gasteiger partial charge in [0.25, 0.3) is 0 Å². The number of halogens is 1. The predicted molar refractivity (Wildman–Crippen MR) is 69.6 cm³/mol. The Morgan fingerprint density at radius 1 is 1.25 bits per heavy atom. The molecule has 0 fully saturated rings. The number of fused-ring (bicyclic) bond motifs is 2. The number of rotatable bonds is 0. The zero-order valence-corrected chi connectivity index (χ0v) is 10.5. The highest BCUT2D eigenvalue weighted by atomic mass is 127. The lowest BCUT2D eigenvalue weighted by atomic mass is 9.88. The van der Waals surface area contributed by atoms with E-state index >= 15 is 0 Å². The third-order valence-corrected chi connectivity index (χ3v) is 4.26. The van der Waals surface area contributed by atoms with E-state index in [0.29, 0.717) is 0 Å². The molecule has 3 rings (SSSR count). The molecule has 1 aromatic rings. The van der Waals surface area contributed by atoms with Crippen LogP contribution in [-0.2, 0) is 4.79 Å². The summed E-state index contributed by atoms with van der Waals surface area (Å²) in [6, 6.07) is 7.89. The summed E-state index contributed by atoms with van der Waals surface area (Å²) in [5.74, 6) is 1.62. The summed E-state index contributed by atoms with van der Waals surface area (Å²) in [6.07, 6.45) is 5.26. The highest BCUT2D eigenvalue weighted by Crippen LogP contribution is 2.46. The first-order chi connectivity index (χ1) is 7.77. The van der Waals surface area contributed by atoms with Crippen molar-refractivity contribution in [1.29, 1.82) is 0 Å². The third-order valence-electron chi connectivity index (χ3n) is 2.87. The molecule has 0 saturated heterocycles. The van der Waals surface area contributed by atoms with E-state index in [1.54, 1.807) is 12.2 Å². The van der Waals surface area contributed by atoms with E-state index in [4.69, 9.17) is 4.74 Å². The normalized spacial score (nSPS) is 26.6. The van der Waals surface area contributed by atoms with Crippen molar-refractivity contribution >= 4 is 28.4 Å². The zero-order valence-electron chi connectivity index (χ0n) is 8.39. The van der Waals surface area contributed by atoms with Crippen LogP contribution >= 0.6 is 22.6 Å². The number of para-hydroxylation sites is 1. The first kappa shape index (κ1) is 10.1. The van der Waals surface area contributed by atoms with Gasteiger partial charge < -0.3 is 4.74 Å². The largest absolute Gasteiger partial charge is 0.461 e. The van der Waals surface area contributed by atoms with Gasteiger partial charge in [0.15, 0.2) is 5.78 Å². The van der Waals surface area contributed by atoms with Crippen LogP contribution in [0, 0.1) is 5.92 Å². The van der Waals surface area contributed by atoms with Crippen molar-refractivity contribution in [2.24, 2.45) is 5.92 Å². The Morgan fingerprint density at radius 2 is 2.06 bits per heavy atom. The maximum Gasteiger partial charge on any atom is 0.167 e. The van der Waals surface area contributed by atoms with E-state index < -0.39 is 0 Å². The molecule has 3 heteroatoms. The SMILES string of the molecule is O=C1C=CC=C2Oc3ccccc3C(I)C12. The molecule has 1 heterocycles. The molecule has 0 radical (unpaired) electrons. The lowest BCUT2D eigenvalue weighted by Gasteiger charge is -2.31. The van der Waals surface area contributed by atoms with E-state index in [-0.39, 0.29) is 15.6 Å². The quantitative estimate of drug-likeness (QED) is 0.541. The van der Waals surface area contributed by atoms with Crippen molar-refractivity contribution in [2.75, 3.05) is 0 Å². The van der Waals surface area contributed by atoms with Crippen LogP contribution in [0.5, 0.6) is 5.75 Å². The minimum Gasteiger partial charge on any atom is -0.461 e. The van der Waals surface area contributed by atoms with Gasteiger partial charge in [-0.05, 0) is 18.2 Å². The van der Waals surface area contributed by atoms with Gasteiger partial charge in [0, 0.05) is 5.56 Å². The number of carbonyl (C=O) groups excluding carboxylic acids is 1. The second-order valence-corrected chi connectivity index (χ2v) is 5.19. The summed E-state index contributed by atoms with van der Waals surface area (Å²) in [5.41, 5.74) is 1.11. The monoisotopic (exact) mass is 324 g/mol. The summed E-state index contributed by atoms with van der Waals surface area (Å²) < 4.78 is 5.92. The van der Waals surface area contributed by atoms with Crippen molar-refractivity contribution in [3.8, 4) is 5.75 Å². The van der Waals surface area contributed by atoms with Crippen LogP contribution in [0.1, 0.15) is 9.49 Å². The molecule has 0 aromatic heterocycles. The fourth-order valence-corrected chi connectivity index (χ4v) is 3.30. The van der Waals surface area contributed by atoms with Crippen molar-refractivity contribution < 1.29 is 9.53 Å². The fourth-order valence-electron chi connectivity index (χ4n) is 2.08. The van der Waals surface area contributed by atoms with Crippen molar-refractivity contribution in [2.45, 2.75) is 3.92 Å². The standard InChI is InChI=1S/C13H9IO2/c14-13-8-4-1-2-6-10(8)16-11-7-3-5-9(15)12(11)13/h1-7,12-13H.